The summed E-state index contributed by atoms with van der Waals surface area (Å²) in [4.78, 5) is 2.38. The molecule has 0 radical (unpaired) electrons. The molecule has 0 N–H and O–H groups in total. The molecule has 2 heteroatoms. The van der Waals surface area contributed by atoms with Gasteiger partial charge in [-0.3, -0.25) is 0 Å². The fraction of sp³-hybridized carbons (Fsp3) is 0.0667. The van der Waals surface area contributed by atoms with E-state index >= 15 is 0 Å². The first-order chi connectivity index (χ1) is 23.0. The molecule has 1 aliphatic carbocycles. The SMILES string of the molecule is CC1(C)c2ccccc2-c2ccc(N(c3ccc(-c4ccccc4)cc3)c3ccc4oc5cc(-c6ccccc6)ccc5c4c3)cc21. The Labute approximate surface area is 275 Å². The van der Waals surface area contributed by atoms with Crippen molar-refractivity contribution >= 4 is 39.0 Å². The summed E-state index contributed by atoms with van der Waals surface area (Å²) >= 11 is 0. The van der Waals surface area contributed by atoms with Crippen LogP contribution in [0.5, 0.6) is 0 Å². The molecule has 0 amide bonds. The van der Waals surface area contributed by atoms with Gasteiger partial charge in [0, 0.05) is 33.2 Å². The van der Waals surface area contributed by atoms with Crippen LogP contribution in [-0.2, 0) is 5.41 Å². The van der Waals surface area contributed by atoms with E-state index in [-0.39, 0.29) is 5.41 Å². The van der Waals surface area contributed by atoms with Crippen LogP contribution in [-0.4, -0.2) is 0 Å². The number of hydrogen-bond donors (Lipinski definition) is 0. The monoisotopic (exact) mass is 603 g/mol. The Bertz CT molecular complexity index is 2420. The van der Waals surface area contributed by atoms with Crippen molar-refractivity contribution in [1.29, 1.82) is 0 Å². The van der Waals surface area contributed by atoms with Gasteiger partial charge in [-0.25, -0.2) is 0 Å². The van der Waals surface area contributed by atoms with E-state index in [0.717, 1.165) is 44.6 Å². The average Bonchev–Trinajstić information content (AvgIpc) is 3.60. The minimum atomic E-state index is -0.0913. The highest BCUT2D eigenvalue weighted by molar-refractivity contribution is 6.07. The number of furan rings is 1. The highest BCUT2D eigenvalue weighted by Gasteiger charge is 2.35. The molecule has 1 aliphatic rings. The predicted molar refractivity (Wildman–Crippen MR) is 197 cm³/mol. The van der Waals surface area contributed by atoms with Crippen molar-refractivity contribution in [2.45, 2.75) is 19.3 Å². The maximum Gasteiger partial charge on any atom is 0.136 e. The topological polar surface area (TPSA) is 16.4 Å². The van der Waals surface area contributed by atoms with Gasteiger partial charge in [0.15, 0.2) is 0 Å². The van der Waals surface area contributed by atoms with Gasteiger partial charge in [-0.1, -0.05) is 123 Å². The fourth-order valence-corrected chi connectivity index (χ4v) is 7.43. The first-order valence-corrected chi connectivity index (χ1v) is 16.3. The molecule has 8 aromatic rings. The summed E-state index contributed by atoms with van der Waals surface area (Å²) in [5.41, 5.74) is 15.2. The van der Waals surface area contributed by atoms with E-state index in [1.807, 2.05) is 6.07 Å². The second-order valence-corrected chi connectivity index (χ2v) is 13.0. The second-order valence-electron chi connectivity index (χ2n) is 13.0. The molecule has 9 rings (SSSR count). The Hall–Kier alpha value is -5.86. The lowest BCUT2D eigenvalue weighted by Gasteiger charge is -2.28. The second kappa shape index (κ2) is 10.6. The minimum Gasteiger partial charge on any atom is -0.456 e. The Morgan fingerprint density at radius 3 is 1.74 bits per heavy atom. The van der Waals surface area contributed by atoms with Crippen LogP contribution >= 0.6 is 0 Å². The van der Waals surface area contributed by atoms with Crippen LogP contribution in [0.25, 0.3) is 55.3 Å². The summed E-state index contributed by atoms with van der Waals surface area (Å²) in [6.07, 6.45) is 0. The Kier molecular flexibility index (Phi) is 6.20. The molecule has 224 valence electrons. The average molecular weight is 604 g/mol. The number of fused-ring (bicyclic) bond motifs is 6. The van der Waals surface area contributed by atoms with E-state index in [9.17, 15) is 0 Å². The number of benzene rings is 7. The van der Waals surface area contributed by atoms with Crippen LogP contribution in [0.3, 0.4) is 0 Å². The van der Waals surface area contributed by atoms with Crippen molar-refractivity contribution < 1.29 is 4.42 Å². The third kappa shape index (κ3) is 4.48. The molecule has 0 saturated carbocycles. The molecule has 0 bridgehead atoms. The molecule has 0 spiro atoms. The molecular weight excluding hydrogens is 571 g/mol. The van der Waals surface area contributed by atoms with Gasteiger partial charge in [-0.15, -0.1) is 0 Å². The fourth-order valence-electron chi connectivity index (χ4n) is 7.43. The third-order valence-corrected chi connectivity index (χ3v) is 9.88. The molecular formula is C45H33NO. The molecule has 1 aromatic heterocycles. The van der Waals surface area contributed by atoms with Crippen LogP contribution in [0.15, 0.2) is 168 Å². The summed E-state index contributed by atoms with van der Waals surface area (Å²) in [6, 6.07) is 58.9. The highest BCUT2D eigenvalue weighted by Crippen LogP contribution is 2.51. The van der Waals surface area contributed by atoms with Crippen LogP contribution in [0, 0.1) is 0 Å². The molecule has 0 aliphatic heterocycles. The van der Waals surface area contributed by atoms with Crippen LogP contribution in [0.4, 0.5) is 17.1 Å². The summed E-state index contributed by atoms with van der Waals surface area (Å²) in [5.74, 6) is 0. The number of hydrogen-bond acceptors (Lipinski definition) is 2. The lowest BCUT2D eigenvalue weighted by atomic mass is 9.82. The normalized spacial score (nSPS) is 13.1. The van der Waals surface area contributed by atoms with Gasteiger partial charge in [-0.2, -0.15) is 0 Å². The lowest BCUT2D eigenvalue weighted by molar-refractivity contribution is 0.660. The third-order valence-electron chi connectivity index (χ3n) is 9.88. The zero-order chi connectivity index (χ0) is 31.5. The van der Waals surface area contributed by atoms with E-state index in [0.29, 0.717) is 0 Å². The lowest BCUT2D eigenvalue weighted by Crippen LogP contribution is -2.16. The van der Waals surface area contributed by atoms with E-state index in [4.69, 9.17) is 4.42 Å². The van der Waals surface area contributed by atoms with Gasteiger partial charge in [0.05, 0.1) is 0 Å². The molecule has 1 heterocycles. The van der Waals surface area contributed by atoms with Gasteiger partial charge < -0.3 is 9.32 Å². The Morgan fingerprint density at radius 2 is 0.979 bits per heavy atom. The molecule has 0 atom stereocenters. The van der Waals surface area contributed by atoms with E-state index < -0.39 is 0 Å². The predicted octanol–water partition coefficient (Wildman–Crippen LogP) is 12.7. The van der Waals surface area contributed by atoms with E-state index in [1.165, 1.54) is 38.9 Å². The first-order valence-electron chi connectivity index (χ1n) is 16.3. The van der Waals surface area contributed by atoms with Crippen LogP contribution in [0.1, 0.15) is 25.0 Å². The maximum absolute atomic E-state index is 6.43. The zero-order valence-corrected chi connectivity index (χ0v) is 26.4. The summed E-state index contributed by atoms with van der Waals surface area (Å²) in [6.45, 7) is 4.68. The van der Waals surface area contributed by atoms with Crippen molar-refractivity contribution in [2.75, 3.05) is 4.90 Å². The van der Waals surface area contributed by atoms with Gasteiger partial charge in [-0.05, 0) is 99.1 Å². The molecule has 0 unspecified atom stereocenters. The van der Waals surface area contributed by atoms with Crippen molar-refractivity contribution in [3.8, 4) is 33.4 Å². The van der Waals surface area contributed by atoms with Crippen molar-refractivity contribution in [3.63, 3.8) is 0 Å². The molecule has 7 aromatic carbocycles. The van der Waals surface area contributed by atoms with E-state index in [1.54, 1.807) is 0 Å². The van der Waals surface area contributed by atoms with Gasteiger partial charge in [0.1, 0.15) is 11.2 Å². The molecule has 2 nitrogen and oxygen atoms in total. The van der Waals surface area contributed by atoms with Gasteiger partial charge in [0.2, 0.25) is 0 Å². The van der Waals surface area contributed by atoms with Gasteiger partial charge in [0.25, 0.3) is 0 Å². The molecule has 0 fully saturated rings. The number of rotatable bonds is 5. The van der Waals surface area contributed by atoms with Crippen molar-refractivity contribution in [2.24, 2.45) is 0 Å². The largest absolute Gasteiger partial charge is 0.456 e. The van der Waals surface area contributed by atoms with Crippen LogP contribution < -0.4 is 4.90 Å². The van der Waals surface area contributed by atoms with Gasteiger partial charge >= 0.3 is 0 Å². The van der Waals surface area contributed by atoms with E-state index in [2.05, 4.69) is 176 Å². The smallest absolute Gasteiger partial charge is 0.136 e. The summed E-state index contributed by atoms with van der Waals surface area (Å²) in [5, 5.41) is 2.23. The first kappa shape index (κ1) is 27.5. The quantitative estimate of drug-likeness (QED) is 0.195. The van der Waals surface area contributed by atoms with Crippen molar-refractivity contribution in [3.05, 3.63) is 175 Å². The Balaban J connectivity index is 1.20. The standard InChI is InChI=1S/C45H33NO/c1-45(2)41-16-10-9-15-37(41)38-25-22-36(29-42(38)45)46(34-20-17-32(18-21-34)30-11-5-3-6-12-30)35-23-26-43-40(28-35)39-24-19-33(27-44(39)47-43)31-13-7-4-8-14-31/h3-29H,1-2H3. The minimum absolute atomic E-state index is 0.0913. The number of nitrogens with zero attached hydrogens (tertiary/aromatic N) is 1. The summed E-state index contributed by atoms with van der Waals surface area (Å²) < 4.78 is 6.43. The zero-order valence-electron chi connectivity index (χ0n) is 26.4. The highest BCUT2D eigenvalue weighted by atomic mass is 16.3. The summed E-state index contributed by atoms with van der Waals surface area (Å²) in [7, 11) is 0. The maximum atomic E-state index is 6.43. The Morgan fingerprint density at radius 1 is 0.404 bits per heavy atom. The molecule has 47 heavy (non-hydrogen) atoms. The van der Waals surface area contributed by atoms with Crippen molar-refractivity contribution in [1.82, 2.24) is 0 Å². The van der Waals surface area contributed by atoms with Crippen LogP contribution in [0.2, 0.25) is 0 Å². The molecule has 0 saturated heterocycles. The number of anilines is 3.